The minimum Gasteiger partial charge on any atom is -0.566 e. The van der Waals surface area contributed by atoms with E-state index in [-0.39, 0.29) is 40.8 Å². The van der Waals surface area contributed by atoms with Gasteiger partial charge in [-0.15, -0.1) is 13.6 Å². The van der Waals surface area contributed by atoms with E-state index in [0.29, 0.717) is 19.8 Å². The van der Waals surface area contributed by atoms with Crippen LogP contribution in [-0.2, 0) is 27.3 Å². The second-order valence-electron chi connectivity index (χ2n) is 18.0. The Morgan fingerprint density at radius 2 is 0.418 bits per heavy atom. The molecule has 0 aliphatic rings. The monoisotopic (exact) mass is 1130 g/mol. The smallest absolute Gasteiger partial charge is 0.566 e. The first-order valence-corrected chi connectivity index (χ1v) is 30.9. The van der Waals surface area contributed by atoms with Crippen LogP contribution in [0.5, 0.6) is 0 Å². The van der Waals surface area contributed by atoms with Gasteiger partial charge in [-0.25, -0.2) is 0 Å². The Labute approximate surface area is 450 Å². The first-order chi connectivity index (χ1) is 32.3. The molecule has 3 unspecified atom stereocenters. The zero-order chi connectivity index (χ0) is 48.9. The van der Waals surface area contributed by atoms with Gasteiger partial charge in [0.1, 0.15) is 19.8 Å². The molecule has 0 aliphatic heterocycles. The minimum absolute atomic E-state index is 0. The van der Waals surface area contributed by atoms with Crippen LogP contribution in [0.4, 0.5) is 0 Å². The normalized spacial score (nSPS) is 12.0. The summed E-state index contributed by atoms with van der Waals surface area (Å²) < 4.78 is 44.0. The van der Waals surface area contributed by atoms with E-state index in [4.69, 9.17) is 0 Å². The molecular weight excluding hydrogens is 1030 g/mol. The second-order valence-corrected chi connectivity index (χ2v) is 20.1. The number of hydrogen-bond acceptors (Lipinski definition) is 9. The maximum absolute atomic E-state index is 10.2. The third-order valence-electron chi connectivity index (χ3n) is 11.6. The predicted octanol–water partition coefficient (Wildman–Crippen LogP) is 18.2. The summed E-state index contributed by atoms with van der Waals surface area (Å²) in [5, 5.41) is 0. The van der Waals surface area contributed by atoms with Crippen LogP contribution < -0.4 is 14.7 Å². The Hall–Kier alpha value is 0.631. The molecule has 0 aliphatic carbocycles. The molecule has 67 heavy (non-hydrogen) atoms. The summed E-state index contributed by atoms with van der Waals surface area (Å²) in [5.41, 5.74) is 0. The van der Waals surface area contributed by atoms with Crippen LogP contribution in [0.1, 0.15) is 290 Å². The van der Waals surface area contributed by atoms with Crippen molar-refractivity contribution in [2.75, 3.05) is 19.8 Å². The molecule has 9 nitrogen and oxygen atoms in total. The van der Waals surface area contributed by atoms with E-state index in [1.54, 1.807) is 0 Å². The molecule has 0 rings (SSSR count). The van der Waals surface area contributed by atoms with E-state index < -0.39 is 24.8 Å². The molecule has 0 spiro atoms. The van der Waals surface area contributed by atoms with E-state index in [9.17, 15) is 28.4 Å². The Balaban J connectivity index is -0.000000441. The van der Waals surface area contributed by atoms with Crippen molar-refractivity contribution in [3.05, 3.63) is 36.5 Å². The Bertz CT molecular complexity index is 937. The van der Waals surface area contributed by atoms with E-state index >= 15 is 0 Å². The van der Waals surface area contributed by atoms with E-state index in [2.05, 4.69) is 70.8 Å². The van der Waals surface area contributed by atoms with Crippen LogP contribution in [0, 0.1) is 40.8 Å². The molecule has 0 fully saturated rings. The Morgan fingerprint density at radius 3 is 0.582 bits per heavy atom. The molecule has 0 heterocycles. The standard InChI is InChI=1S/3C18H35O3P.Nd/c3*1-2-3-4-5-6-7-8-9-10-11-12-13-14-15-16-17-18-21-22(19)20;/h3*9-10H,2-8,11-18H2,1H3;/q;;;+3/b3*10-9-;. The summed E-state index contributed by atoms with van der Waals surface area (Å²) >= 11 is 0. The molecule has 3 atom stereocenters. The van der Waals surface area contributed by atoms with Crippen molar-refractivity contribution in [2.24, 2.45) is 0 Å². The van der Waals surface area contributed by atoms with E-state index in [1.807, 2.05) is 0 Å². The SMILES string of the molecule is CCCCCCCC/C=C\CCCCCCCCO[P+](=O)[O-].CCCCCCCC/C=C\CCCCCCCCO[P+](=O)[O-].CCCCCCCC/C=C\CCCCCCCCO[P+](=O)[O-].[Nd+3]. The average molecular weight is 1140 g/mol. The van der Waals surface area contributed by atoms with E-state index in [1.165, 1.54) is 231 Å². The molecule has 0 aromatic heterocycles. The van der Waals surface area contributed by atoms with Gasteiger partial charge in [-0.05, 0) is 110 Å². The van der Waals surface area contributed by atoms with Crippen LogP contribution >= 0.6 is 24.8 Å². The predicted molar refractivity (Wildman–Crippen MR) is 279 cm³/mol. The van der Waals surface area contributed by atoms with Crippen molar-refractivity contribution in [1.29, 1.82) is 0 Å². The molecule has 0 N–H and O–H groups in total. The van der Waals surface area contributed by atoms with Crippen molar-refractivity contribution in [3.8, 4) is 0 Å². The molecular formula is C54H105NdO9P3+3. The zero-order valence-corrected chi connectivity index (χ0v) is 49.7. The fourth-order valence-corrected chi connectivity index (χ4v) is 8.30. The third-order valence-corrected chi connectivity index (χ3v) is 12.7. The van der Waals surface area contributed by atoms with E-state index in [0.717, 1.165) is 38.5 Å². The number of allylic oxidation sites excluding steroid dienone is 6. The zero-order valence-electron chi connectivity index (χ0n) is 43.8. The van der Waals surface area contributed by atoms with Crippen molar-refractivity contribution in [1.82, 2.24) is 0 Å². The molecule has 0 bridgehead atoms. The average Bonchev–Trinajstić information content (AvgIpc) is 3.29. The fraction of sp³-hybridized carbons (Fsp3) is 0.889. The maximum Gasteiger partial charge on any atom is 3.00 e. The van der Waals surface area contributed by atoms with Gasteiger partial charge in [0.2, 0.25) is 0 Å². The topological polar surface area (TPSA) is 148 Å². The van der Waals surface area contributed by atoms with Crippen LogP contribution in [0.2, 0.25) is 0 Å². The van der Waals surface area contributed by atoms with Gasteiger partial charge in [0, 0.05) is 0 Å². The van der Waals surface area contributed by atoms with Gasteiger partial charge in [-0.2, -0.15) is 0 Å². The van der Waals surface area contributed by atoms with Crippen LogP contribution in [0.15, 0.2) is 36.5 Å². The first-order valence-electron chi connectivity index (χ1n) is 27.6. The molecule has 13 heteroatoms. The summed E-state index contributed by atoms with van der Waals surface area (Å²) in [6.07, 6.45) is 66.8. The van der Waals surface area contributed by atoms with Gasteiger partial charge < -0.3 is 14.7 Å². The second kappa shape index (κ2) is 70.9. The summed E-state index contributed by atoms with van der Waals surface area (Å²) in [4.78, 5) is 30.5. The molecule has 1 radical (unpaired) electrons. The Kier molecular flexibility index (Phi) is 78.5. The van der Waals surface area contributed by atoms with Crippen molar-refractivity contribution >= 4 is 24.8 Å². The molecule has 0 amide bonds. The quantitative estimate of drug-likeness (QED) is 0.0330. The summed E-state index contributed by atoms with van der Waals surface area (Å²) in [6, 6.07) is 0. The van der Waals surface area contributed by atoms with Gasteiger partial charge in [-0.1, -0.05) is 231 Å². The van der Waals surface area contributed by atoms with Gasteiger partial charge >= 0.3 is 65.6 Å². The first kappa shape index (κ1) is 74.2. The molecule has 0 saturated heterocycles. The summed E-state index contributed by atoms with van der Waals surface area (Å²) in [6.45, 7) is 7.82. The van der Waals surface area contributed by atoms with Gasteiger partial charge in [0.15, 0.2) is 0 Å². The summed E-state index contributed by atoms with van der Waals surface area (Å²) in [7, 11) is -7.95. The van der Waals surface area contributed by atoms with Crippen molar-refractivity contribution < 1.29 is 82.8 Å². The minimum atomic E-state index is -2.65. The summed E-state index contributed by atoms with van der Waals surface area (Å²) in [5.74, 6) is 0. The number of unbranched alkanes of at least 4 members (excludes halogenated alkanes) is 36. The Morgan fingerprint density at radius 1 is 0.269 bits per heavy atom. The molecule has 0 saturated carbocycles. The van der Waals surface area contributed by atoms with Crippen LogP contribution in [0.3, 0.4) is 0 Å². The molecule has 391 valence electrons. The fourth-order valence-electron chi connectivity index (χ4n) is 7.47. The largest absolute Gasteiger partial charge is 3.00 e. The maximum atomic E-state index is 10.2. The molecule has 0 aromatic rings. The third kappa shape index (κ3) is 83.8. The number of rotatable bonds is 51. The van der Waals surface area contributed by atoms with Gasteiger partial charge in [0.25, 0.3) is 0 Å². The molecule has 0 aromatic carbocycles. The van der Waals surface area contributed by atoms with Crippen LogP contribution in [-0.4, -0.2) is 19.8 Å². The van der Waals surface area contributed by atoms with Crippen molar-refractivity contribution in [3.63, 3.8) is 0 Å². The van der Waals surface area contributed by atoms with Crippen molar-refractivity contribution in [2.45, 2.75) is 290 Å². The van der Waals surface area contributed by atoms with Gasteiger partial charge in [-0.3, -0.25) is 0 Å². The van der Waals surface area contributed by atoms with Gasteiger partial charge in [0.05, 0.1) is 0 Å². The van der Waals surface area contributed by atoms with Crippen LogP contribution in [0.25, 0.3) is 0 Å². The number of hydrogen-bond donors (Lipinski definition) is 0.